The number of amides is 1. The average Bonchev–Trinajstić information content (AvgIpc) is 2.68. The van der Waals surface area contributed by atoms with Gasteiger partial charge in [0, 0.05) is 28.5 Å². The summed E-state index contributed by atoms with van der Waals surface area (Å²) in [6, 6.07) is 13.3. The fourth-order valence-corrected chi connectivity index (χ4v) is 4.17. The van der Waals surface area contributed by atoms with Gasteiger partial charge in [0.15, 0.2) is 0 Å². The SMILES string of the molecule is CCN1c2ccc(/C=C(/C#N)C(=O)Nc3cc(Cl)ccc3C)cc2C(C)=CC1(C)C. The Bertz CT molecular complexity index is 1110. The molecule has 2 aromatic rings. The number of carbonyl (C=O) groups is 1. The minimum Gasteiger partial charge on any atom is -0.363 e. The number of nitriles is 1. The van der Waals surface area contributed by atoms with E-state index in [2.05, 4.69) is 50.1 Å². The van der Waals surface area contributed by atoms with E-state index in [1.807, 2.05) is 31.2 Å². The van der Waals surface area contributed by atoms with E-state index in [4.69, 9.17) is 11.6 Å². The second kappa shape index (κ2) is 8.38. The molecule has 1 aliphatic rings. The topological polar surface area (TPSA) is 56.1 Å². The number of benzene rings is 2. The highest BCUT2D eigenvalue weighted by Gasteiger charge is 2.30. The van der Waals surface area contributed by atoms with Crippen LogP contribution in [0.4, 0.5) is 11.4 Å². The van der Waals surface area contributed by atoms with Gasteiger partial charge < -0.3 is 10.2 Å². The first-order chi connectivity index (χ1) is 14.2. The Morgan fingerprint density at radius 3 is 2.63 bits per heavy atom. The second-order valence-electron chi connectivity index (χ2n) is 8.09. The smallest absolute Gasteiger partial charge is 0.266 e. The molecule has 0 bridgehead atoms. The van der Waals surface area contributed by atoms with Crippen LogP contribution in [0.25, 0.3) is 11.6 Å². The number of hydrogen-bond donors (Lipinski definition) is 1. The zero-order valence-electron chi connectivity index (χ0n) is 18.0. The van der Waals surface area contributed by atoms with Crippen molar-refractivity contribution < 1.29 is 4.79 Å². The number of anilines is 2. The van der Waals surface area contributed by atoms with E-state index >= 15 is 0 Å². The zero-order valence-corrected chi connectivity index (χ0v) is 18.8. The van der Waals surface area contributed by atoms with Crippen LogP contribution in [0.15, 0.2) is 48.0 Å². The highest BCUT2D eigenvalue weighted by Crippen LogP contribution is 2.39. The van der Waals surface area contributed by atoms with Gasteiger partial charge in [-0.2, -0.15) is 5.26 Å². The highest BCUT2D eigenvalue weighted by atomic mass is 35.5. The number of fused-ring (bicyclic) bond motifs is 1. The largest absolute Gasteiger partial charge is 0.363 e. The average molecular weight is 420 g/mol. The van der Waals surface area contributed by atoms with Crippen molar-refractivity contribution in [3.05, 3.63) is 69.8 Å². The molecule has 0 aliphatic carbocycles. The summed E-state index contributed by atoms with van der Waals surface area (Å²) >= 11 is 6.03. The number of halogens is 1. The van der Waals surface area contributed by atoms with E-state index in [9.17, 15) is 10.1 Å². The Labute approximate surface area is 183 Å². The molecule has 0 fully saturated rings. The summed E-state index contributed by atoms with van der Waals surface area (Å²) in [6.07, 6.45) is 3.88. The first kappa shape index (κ1) is 21.7. The molecule has 0 unspecified atom stereocenters. The summed E-state index contributed by atoms with van der Waals surface area (Å²) in [7, 11) is 0. The number of nitrogens with zero attached hydrogens (tertiary/aromatic N) is 2. The number of carbonyl (C=O) groups excluding carboxylic acids is 1. The van der Waals surface area contributed by atoms with Crippen molar-refractivity contribution in [3.63, 3.8) is 0 Å². The molecule has 1 N–H and O–H groups in total. The maximum absolute atomic E-state index is 12.7. The standard InChI is InChI=1S/C25H26ClN3O/c1-6-29-23-10-8-18(12-21(23)17(3)14-25(29,4)5)11-19(15-27)24(30)28-22-13-20(26)9-7-16(22)2/h7-14H,6H2,1-5H3,(H,28,30)/b19-11-. The molecule has 2 aromatic carbocycles. The lowest BCUT2D eigenvalue weighted by Gasteiger charge is -2.42. The van der Waals surface area contributed by atoms with E-state index in [1.165, 1.54) is 5.57 Å². The van der Waals surface area contributed by atoms with Crippen LogP contribution in [-0.2, 0) is 4.79 Å². The van der Waals surface area contributed by atoms with Crippen LogP contribution in [0, 0.1) is 18.3 Å². The van der Waals surface area contributed by atoms with Gasteiger partial charge in [-0.15, -0.1) is 0 Å². The van der Waals surface area contributed by atoms with Crippen LogP contribution in [0.5, 0.6) is 0 Å². The molecule has 0 aromatic heterocycles. The van der Waals surface area contributed by atoms with Crippen LogP contribution < -0.4 is 10.2 Å². The first-order valence-corrected chi connectivity index (χ1v) is 10.3. The van der Waals surface area contributed by atoms with Gasteiger partial charge in [0.1, 0.15) is 11.6 Å². The summed E-state index contributed by atoms with van der Waals surface area (Å²) in [5.74, 6) is -0.454. The zero-order chi connectivity index (χ0) is 22.1. The summed E-state index contributed by atoms with van der Waals surface area (Å²) in [5, 5.41) is 12.9. The van der Waals surface area contributed by atoms with Crippen molar-refractivity contribution in [2.24, 2.45) is 0 Å². The second-order valence-corrected chi connectivity index (χ2v) is 8.52. The molecule has 0 atom stereocenters. The quantitative estimate of drug-likeness (QED) is 0.473. The summed E-state index contributed by atoms with van der Waals surface area (Å²) < 4.78 is 0. The van der Waals surface area contributed by atoms with Gasteiger partial charge in [-0.3, -0.25) is 4.79 Å². The van der Waals surface area contributed by atoms with E-state index in [-0.39, 0.29) is 11.1 Å². The molecular formula is C25H26ClN3O. The van der Waals surface area contributed by atoms with Gasteiger partial charge in [-0.05, 0) is 81.7 Å². The number of allylic oxidation sites excluding steroid dienone is 1. The van der Waals surface area contributed by atoms with Gasteiger partial charge in [0.2, 0.25) is 0 Å². The molecule has 5 heteroatoms. The third kappa shape index (κ3) is 4.27. The van der Waals surface area contributed by atoms with Gasteiger partial charge >= 0.3 is 0 Å². The molecule has 1 aliphatic heterocycles. The molecule has 0 saturated heterocycles. The minimum atomic E-state index is -0.454. The molecule has 0 radical (unpaired) electrons. The monoisotopic (exact) mass is 419 g/mol. The molecule has 1 heterocycles. The van der Waals surface area contributed by atoms with Gasteiger partial charge in [0.05, 0.1) is 5.54 Å². The Hall–Kier alpha value is -3.03. The van der Waals surface area contributed by atoms with Gasteiger partial charge in [-0.1, -0.05) is 29.8 Å². The molecule has 4 nitrogen and oxygen atoms in total. The van der Waals surface area contributed by atoms with Gasteiger partial charge in [-0.25, -0.2) is 0 Å². The Morgan fingerprint density at radius 2 is 1.97 bits per heavy atom. The van der Waals surface area contributed by atoms with Crippen LogP contribution in [0.2, 0.25) is 5.02 Å². The Morgan fingerprint density at radius 1 is 1.23 bits per heavy atom. The lowest BCUT2D eigenvalue weighted by Crippen LogP contribution is -2.44. The van der Waals surface area contributed by atoms with E-state index in [0.717, 1.165) is 28.9 Å². The van der Waals surface area contributed by atoms with Crippen molar-refractivity contribution in [1.29, 1.82) is 5.26 Å². The van der Waals surface area contributed by atoms with Crippen LogP contribution >= 0.6 is 11.6 Å². The number of aryl methyl sites for hydroxylation is 1. The highest BCUT2D eigenvalue weighted by molar-refractivity contribution is 6.31. The number of rotatable bonds is 4. The van der Waals surface area contributed by atoms with Crippen molar-refractivity contribution in [3.8, 4) is 6.07 Å². The van der Waals surface area contributed by atoms with Crippen molar-refractivity contribution in [2.45, 2.75) is 40.2 Å². The minimum absolute atomic E-state index is 0.0412. The molecule has 0 saturated carbocycles. The molecule has 1 amide bonds. The predicted octanol–water partition coefficient (Wildman–Crippen LogP) is 6.22. The number of likely N-dealkylation sites (N-methyl/N-ethyl adjacent to an activating group) is 1. The summed E-state index contributed by atoms with van der Waals surface area (Å²) in [4.78, 5) is 15.0. The van der Waals surface area contributed by atoms with Crippen molar-refractivity contribution >= 4 is 40.5 Å². The Balaban J connectivity index is 1.94. The van der Waals surface area contributed by atoms with Crippen molar-refractivity contribution in [2.75, 3.05) is 16.8 Å². The molecule has 30 heavy (non-hydrogen) atoms. The number of hydrogen-bond acceptors (Lipinski definition) is 3. The fraction of sp³-hybridized carbons (Fsp3) is 0.280. The molecule has 154 valence electrons. The van der Waals surface area contributed by atoms with E-state index in [0.29, 0.717) is 10.7 Å². The predicted molar refractivity (Wildman–Crippen MR) is 126 cm³/mol. The maximum Gasteiger partial charge on any atom is 0.266 e. The summed E-state index contributed by atoms with van der Waals surface area (Å²) in [6.45, 7) is 11.4. The van der Waals surface area contributed by atoms with E-state index in [1.54, 1.807) is 18.2 Å². The third-order valence-electron chi connectivity index (χ3n) is 5.44. The third-order valence-corrected chi connectivity index (χ3v) is 5.68. The lowest BCUT2D eigenvalue weighted by molar-refractivity contribution is -0.112. The normalized spacial score (nSPS) is 15.2. The maximum atomic E-state index is 12.7. The van der Waals surface area contributed by atoms with Crippen LogP contribution in [0.1, 0.15) is 44.4 Å². The van der Waals surface area contributed by atoms with E-state index < -0.39 is 5.91 Å². The van der Waals surface area contributed by atoms with Gasteiger partial charge in [0.25, 0.3) is 5.91 Å². The Kier molecular flexibility index (Phi) is 6.05. The lowest BCUT2D eigenvalue weighted by atomic mass is 9.88. The van der Waals surface area contributed by atoms with Crippen LogP contribution in [-0.4, -0.2) is 18.0 Å². The van der Waals surface area contributed by atoms with Crippen molar-refractivity contribution in [1.82, 2.24) is 0 Å². The molecular weight excluding hydrogens is 394 g/mol. The summed E-state index contributed by atoms with van der Waals surface area (Å²) in [5.41, 5.74) is 5.74. The molecule has 3 rings (SSSR count). The fourth-order valence-electron chi connectivity index (χ4n) is 4.00. The molecule has 0 spiro atoms. The van der Waals surface area contributed by atoms with Crippen LogP contribution in [0.3, 0.4) is 0 Å². The first-order valence-electron chi connectivity index (χ1n) is 9.97. The number of nitrogens with one attached hydrogen (secondary N) is 1.